The van der Waals surface area contributed by atoms with E-state index in [4.69, 9.17) is 20.8 Å². The van der Waals surface area contributed by atoms with E-state index in [0.29, 0.717) is 29.1 Å². The van der Waals surface area contributed by atoms with Gasteiger partial charge in [0.05, 0.1) is 23.4 Å². The van der Waals surface area contributed by atoms with Gasteiger partial charge in [0.15, 0.2) is 21.5 Å². The highest BCUT2D eigenvalue weighted by Crippen LogP contribution is 2.20. The number of aromatic nitrogens is 1. The number of nitrogens with zero attached hydrogens (tertiary/aromatic N) is 2. The largest absolute Gasteiger partial charge is 0.452 e. The summed E-state index contributed by atoms with van der Waals surface area (Å²) in [7, 11) is -3.14. The second-order valence-electron chi connectivity index (χ2n) is 7.19. The third-order valence-electron chi connectivity index (χ3n) is 5.10. The fraction of sp³-hybridized carbons (Fsp3) is 0.526. The van der Waals surface area contributed by atoms with Crippen LogP contribution in [0.5, 0.6) is 0 Å². The Morgan fingerprint density at radius 3 is 2.77 bits per heavy atom. The lowest BCUT2D eigenvalue weighted by atomic mass is 10.2. The number of fused-ring (bicyclic) bond motifs is 1. The topological polar surface area (TPSA) is 116 Å². The van der Waals surface area contributed by atoms with Gasteiger partial charge in [-0.1, -0.05) is 11.6 Å². The number of amides is 1. The van der Waals surface area contributed by atoms with Gasteiger partial charge in [-0.15, -0.1) is 0 Å². The van der Waals surface area contributed by atoms with E-state index in [1.54, 1.807) is 19.1 Å². The number of carbonyl (C=O) groups excluding carboxylic acids is 2. The van der Waals surface area contributed by atoms with Crippen LogP contribution in [0, 0.1) is 0 Å². The molecule has 2 heterocycles. The van der Waals surface area contributed by atoms with Crippen molar-refractivity contribution in [2.45, 2.75) is 45.4 Å². The van der Waals surface area contributed by atoms with Gasteiger partial charge in [0, 0.05) is 30.2 Å². The molecule has 0 saturated carbocycles. The maximum absolute atomic E-state index is 12.7. The first-order chi connectivity index (χ1) is 14.1. The number of esters is 1. The van der Waals surface area contributed by atoms with Crippen LogP contribution < -0.4 is 5.76 Å². The molecule has 1 aliphatic rings. The molecule has 0 spiro atoms. The number of oxazole rings is 1. The molecule has 0 aliphatic carbocycles. The maximum Gasteiger partial charge on any atom is 0.419 e. The number of likely N-dealkylation sites (N-methyl/N-ethyl adjacent to an activating group) is 1. The number of sulfone groups is 1. The lowest BCUT2D eigenvalue weighted by Gasteiger charge is -2.29. The van der Waals surface area contributed by atoms with E-state index in [1.165, 1.54) is 22.5 Å². The molecule has 1 aromatic heterocycles. The van der Waals surface area contributed by atoms with Gasteiger partial charge >= 0.3 is 11.7 Å². The van der Waals surface area contributed by atoms with E-state index in [0.717, 1.165) is 0 Å². The highest BCUT2D eigenvalue weighted by molar-refractivity contribution is 7.91. The Balaban J connectivity index is 1.60. The molecule has 0 radical (unpaired) electrons. The summed E-state index contributed by atoms with van der Waals surface area (Å²) >= 11 is 5.88. The van der Waals surface area contributed by atoms with E-state index < -0.39 is 39.6 Å². The molecular formula is C19H23ClN2O7S. The van der Waals surface area contributed by atoms with Crippen LogP contribution in [0.1, 0.15) is 26.7 Å². The molecule has 1 aromatic carbocycles. The molecule has 1 saturated heterocycles. The van der Waals surface area contributed by atoms with Crippen molar-refractivity contribution in [2.24, 2.45) is 0 Å². The van der Waals surface area contributed by atoms with Crippen LogP contribution in [0.25, 0.3) is 11.1 Å². The Bertz CT molecular complexity index is 1120. The smallest absolute Gasteiger partial charge is 0.419 e. The summed E-state index contributed by atoms with van der Waals surface area (Å²) in [6, 6.07) is 4.33. The Morgan fingerprint density at radius 1 is 1.40 bits per heavy atom. The Kier molecular flexibility index (Phi) is 6.56. The van der Waals surface area contributed by atoms with Gasteiger partial charge in [0.2, 0.25) is 0 Å². The molecule has 11 heteroatoms. The van der Waals surface area contributed by atoms with E-state index in [-0.39, 0.29) is 24.5 Å². The number of benzene rings is 1. The van der Waals surface area contributed by atoms with Crippen molar-refractivity contribution in [3.05, 3.63) is 33.8 Å². The first-order valence-corrected chi connectivity index (χ1v) is 11.8. The zero-order valence-corrected chi connectivity index (χ0v) is 18.2. The van der Waals surface area contributed by atoms with Crippen molar-refractivity contribution in [3.8, 4) is 0 Å². The molecule has 0 N–H and O–H groups in total. The van der Waals surface area contributed by atoms with Crippen molar-refractivity contribution in [1.29, 1.82) is 0 Å². The molecular weight excluding hydrogens is 436 g/mol. The van der Waals surface area contributed by atoms with Crippen molar-refractivity contribution >= 4 is 44.4 Å². The molecule has 1 fully saturated rings. The third kappa shape index (κ3) is 4.86. The molecule has 3 rings (SSSR count). The molecule has 0 bridgehead atoms. The van der Waals surface area contributed by atoms with Gasteiger partial charge in [-0.05, 0) is 32.4 Å². The maximum atomic E-state index is 12.7. The van der Waals surface area contributed by atoms with Crippen LogP contribution in [-0.4, -0.2) is 60.0 Å². The zero-order chi connectivity index (χ0) is 22.1. The van der Waals surface area contributed by atoms with Crippen LogP contribution >= 0.6 is 11.6 Å². The number of carbonyl (C=O) groups is 2. The SMILES string of the molecule is CCN(C(=O)[C@H](C)OC(=O)CCn1c(=O)oc2cc(Cl)ccc21)[C@@H]1CCS(=O)(=O)C1. The first kappa shape index (κ1) is 22.4. The molecule has 1 aliphatic heterocycles. The van der Waals surface area contributed by atoms with Crippen LogP contribution in [0.4, 0.5) is 0 Å². The number of aryl methyl sites for hydroxylation is 1. The van der Waals surface area contributed by atoms with Gasteiger partial charge in [0.25, 0.3) is 5.91 Å². The van der Waals surface area contributed by atoms with Crippen molar-refractivity contribution in [2.75, 3.05) is 18.1 Å². The van der Waals surface area contributed by atoms with Crippen LogP contribution in [0.2, 0.25) is 5.02 Å². The minimum absolute atomic E-state index is 0.0194. The Morgan fingerprint density at radius 2 is 2.13 bits per heavy atom. The Hall–Kier alpha value is -2.33. The predicted octanol–water partition coefficient (Wildman–Crippen LogP) is 1.61. The number of hydrogen-bond donors (Lipinski definition) is 0. The number of halogens is 1. The van der Waals surface area contributed by atoms with Crippen LogP contribution in [0.15, 0.2) is 27.4 Å². The van der Waals surface area contributed by atoms with Gasteiger partial charge in [0.1, 0.15) is 0 Å². The minimum atomic E-state index is -3.14. The normalized spacial score (nSPS) is 19.0. The summed E-state index contributed by atoms with van der Waals surface area (Å²) in [5.74, 6) is -1.74. The van der Waals surface area contributed by atoms with Crippen molar-refractivity contribution in [3.63, 3.8) is 0 Å². The zero-order valence-electron chi connectivity index (χ0n) is 16.7. The van der Waals surface area contributed by atoms with E-state index >= 15 is 0 Å². The first-order valence-electron chi connectivity index (χ1n) is 9.60. The predicted molar refractivity (Wildman–Crippen MR) is 110 cm³/mol. The summed E-state index contributed by atoms with van der Waals surface area (Å²) in [6.07, 6.45) is -0.820. The molecule has 0 unspecified atom stereocenters. The quantitative estimate of drug-likeness (QED) is 0.578. The fourth-order valence-corrected chi connectivity index (χ4v) is 5.50. The second kappa shape index (κ2) is 8.81. The molecule has 2 aromatic rings. The van der Waals surface area contributed by atoms with E-state index in [9.17, 15) is 22.8 Å². The lowest BCUT2D eigenvalue weighted by molar-refractivity contribution is -0.160. The van der Waals surface area contributed by atoms with Crippen molar-refractivity contribution in [1.82, 2.24) is 9.47 Å². The van der Waals surface area contributed by atoms with Gasteiger partial charge in [-0.3, -0.25) is 14.2 Å². The number of ether oxygens (including phenoxy) is 1. The monoisotopic (exact) mass is 458 g/mol. The number of rotatable bonds is 7. The van der Waals surface area contributed by atoms with Gasteiger partial charge in [-0.2, -0.15) is 0 Å². The Labute approximate surface area is 178 Å². The molecule has 30 heavy (non-hydrogen) atoms. The standard InChI is InChI=1S/C19H23ClN2O7S/c1-3-21(14-7-9-30(26,27)11-14)18(24)12(2)28-17(23)6-8-22-15-5-4-13(20)10-16(15)29-19(22)25/h4-5,10,12,14H,3,6-9,11H2,1-2H3/t12-,14+/m0/s1. The summed E-state index contributed by atoms with van der Waals surface area (Å²) in [4.78, 5) is 38.4. The van der Waals surface area contributed by atoms with Crippen molar-refractivity contribution < 1.29 is 27.2 Å². The average Bonchev–Trinajstić information content (AvgIpc) is 3.18. The summed E-state index contributed by atoms with van der Waals surface area (Å²) in [5.41, 5.74) is 0.815. The van der Waals surface area contributed by atoms with Crippen LogP contribution in [-0.2, 0) is 30.7 Å². The van der Waals surface area contributed by atoms with Gasteiger partial charge in [-0.25, -0.2) is 13.2 Å². The average molecular weight is 459 g/mol. The highest BCUT2D eigenvalue weighted by Gasteiger charge is 2.36. The minimum Gasteiger partial charge on any atom is -0.452 e. The molecule has 9 nitrogen and oxygen atoms in total. The fourth-order valence-electron chi connectivity index (χ4n) is 3.61. The lowest BCUT2D eigenvalue weighted by Crippen LogP contribution is -2.46. The molecule has 164 valence electrons. The second-order valence-corrected chi connectivity index (χ2v) is 9.86. The third-order valence-corrected chi connectivity index (χ3v) is 7.08. The summed E-state index contributed by atoms with van der Waals surface area (Å²) in [6.45, 7) is 3.54. The van der Waals surface area contributed by atoms with E-state index in [2.05, 4.69) is 0 Å². The van der Waals surface area contributed by atoms with Crippen LogP contribution in [0.3, 0.4) is 0 Å². The highest BCUT2D eigenvalue weighted by atomic mass is 35.5. The van der Waals surface area contributed by atoms with Gasteiger partial charge < -0.3 is 14.1 Å². The number of hydrogen-bond acceptors (Lipinski definition) is 7. The molecule has 2 atom stereocenters. The summed E-state index contributed by atoms with van der Waals surface area (Å²) in [5, 5.41) is 0.422. The van der Waals surface area contributed by atoms with E-state index in [1.807, 2.05) is 0 Å². The summed E-state index contributed by atoms with van der Waals surface area (Å²) < 4.78 is 35.0. The molecule has 1 amide bonds.